The standard InChI is InChI=1S/C20H24N4O3/c1-12(27-20(26)18-14-6-2-3-8-17(14)23-24-18)19(25)22-16-10-4-9-15-13(16)7-5-11-21-15/h4-5,7,9-12,14,17-18,23-24H,2-3,6,8H2,1H3,(H,22,25). The first-order chi connectivity index (χ1) is 13.1. The van der Waals surface area contributed by atoms with E-state index in [0.717, 1.165) is 30.2 Å². The van der Waals surface area contributed by atoms with Gasteiger partial charge >= 0.3 is 5.97 Å². The first kappa shape index (κ1) is 17.9. The molecule has 4 rings (SSSR count). The molecule has 2 fully saturated rings. The third-order valence-corrected chi connectivity index (χ3v) is 5.49. The first-order valence-corrected chi connectivity index (χ1v) is 9.49. The zero-order chi connectivity index (χ0) is 18.8. The Balaban J connectivity index is 1.40. The van der Waals surface area contributed by atoms with Crippen LogP contribution < -0.4 is 16.2 Å². The van der Waals surface area contributed by atoms with Crippen molar-refractivity contribution in [3.8, 4) is 0 Å². The second-order valence-corrected chi connectivity index (χ2v) is 7.27. The Morgan fingerprint density at radius 2 is 2.04 bits per heavy atom. The summed E-state index contributed by atoms with van der Waals surface area (Å²) in [6.07, 6.45) is 5.18. The molecule has 1 aromatic carbocycles. The van der Waals surface area contributed by atoms with E-state index in [-0.39, 0.29) is 17.8 Å². The van der Waals surface area contributed by atoms with E-state index in [4.69, 9.17) is 4.74 Å². The van der Waals surface area contributed by atoms with E-state index in [1.165, 1.54) is 6.42 Å². The molecule has 7 nitrogen and oxygen atoms in total. The molecule has 1 aromatic heterocycles. The molecule has 7 heteroatoms. The molecule has 4 atom stereocenters. The summed E-state index contributed by atoms with van der Waals surface area (Å²) in [6, 6.07) is 9.15. The van der Waals surface area contributed by atoms with E-state index in [2.05, 4.69) is 21.2 Å². The quantitative estimate of drug-likeness (QED) is 0.716. The number of esters is 1. The average molecular weight is 368 g/mol. The van der Waals surface area contributed by atoms with Gasteiger partial charge in [-0.15, -0.1) is 0 Å². The molecule has 0 radical (unpaired) electrons. The highest BCUT2D eigenvalue weighted by Crippen LogP contribution is 2.30. The largest absolute Gasteiger partial charge is 0.451 e. The predicted molar refractivity (Wildman–Crippen MR) is 102 cm³/mol. The summed E-state index contributed by atoms with van der Waals surface area (Å²) in [7, 11) is 0. The summed E-state index contributed by atoms with van der Waals surface area (Å²) in [4.78, 5) is 29.4. The Kier molecular flexibility index (Phi) is 5.05. The monoisotopic (exact) mass is 368 g/mol. The zero-order valence-corrected chi connectivity index (χ0v) is 15.3. The van der Waals surface area contributed by atoms with Crippen LogP contribution in [0.15, 0.2) is 36.5 Å². The van der Waals surface area contributed by atoms with Crippen LogP contribution in [0, 0.1) is 5.92 Å². The molecule has 0 bridgehead atoms. The van der Waals surface area contributed by atoms with E-state index in [9.17, 15) is 9.59 Å². The second-order valence-electron chi connectivity index (χ2n) is 7.27. The van der Waals surface area contributed by atoms with Crippen LogP contribution in [0.5, 0.6) is 0 Å². The SMILES string of the molecule is CC(OC(=O)C1NNC2CCCCC21)C(=O)Nc1cccc2ncccc12. The topological polar surface area (TPSA) is 92.4 Å². The van der Waals surface area contributed by atoms with Crippen molar-refractivity contribution < 1.29 is 14.3 Å². The van der Waals surface area contributed by atoms with Crippen molar-refractivity contribution in [2.45, 2.75) is 50.8 Å². The number of hydrogen-bond donors (Lipinski definition) is 3. The lowest BCUT2D eigenvalue weighted by Crippen LogP contribution is -2.43. The molecule has 27 heavy (non-hydrogen) atoms. The van der Waals surface area contributed by atoms with Gasteiger partial charge in [-0.05, 0) is 44.0 Å². The minimum atomic E-state index is -0.881. The van der Waals surface area contributed by atoms with Crippen molar-refractivity contribution in [1.82, 2.24) is 15.8 Å². The zero-order valence-electron chi connectivity index (χ0n) is 15.3. The molecule has 1 amide bonds. The molecule has 3 N–H and O–H groups in total. The molecule has 142 valence electrons. The van der Waals surface area contributed by atoms with Gasteiger partial charge in [-0.3, -0.25) is 20.0 Å². The van der Waals surface area contributed by atoms with E-state index in [0.29, 0.717) is 11.7 Å². The fraction of sp³-hybridized carbons (Fsp3) is 0.450. The summed E-state index contributed by atoms with van der Waals surface area (Å²) in [5.41, 5.74) is 7.70. The van der Waals surface area contributed by atoms with Crippen LogP contribution >= 0.6 is 0 Å². The Hall–Kier alpha value is -2.51. The summed E-state index contributed by atoms with van der Waals surface area (Å²) in [5.74, 6) is -0.504. The number of hydrazine groups is 1. The number of rotatable bonds is 4. The Labute approximate surface area is 157 Å². The molecule has 1 saturated heterocycles. The fourth-order valence-electron chi connectivity index (χ4n) is 4.02. The van der Waals surface area contributed by atoms with Crippen LogP contribution in [0.2, 0.25) is 0 Å². The number of benzene rings is 1. The summed E-state index contributed by atoms with van der Waals surface area (Å²) in [6.45, 7) is 1.59. The second kappa shape index (κ2) is 7.62. The van der Waals surface area contributed by atoms with Crippen molar-refractivity contribution in [3.05, 3.63) is 36.5 Å². The number of pyridine rings is 1. The van der Waals surface area contributed by atoms with Gasteiger partial charge in [0.2, 0.25) is 0 Å². The number of nitrogens with zero attached hydrogens (tertiary/aromatic N) is 1. The number of carbonyl (C=O) groups is 2. The number of anilines is 1. The smallest absolute Gasteiger partial charge is 0.325 e. The molecule has 0 spiro atoms. The lowest BCUT2D eigenvalue weighted by molar-refractivity contribution is -0.156. The lowest BCUT2D eigenvalue weighted by atomic mass is 9.82. The number of aromatic nitrogens is 1. The van der Waals surface area contributed by atoms with Crippen LogP contribution in [-0.2, 0) is 14.3 Å². The van der Waals surface area contributed by atoms with E-state index in [1.54, 1.807) is 13.1 Å². The molecule has 1 aliphatic carbocycles. The average Bonchev–Trinajstić information content (AvgIpc) is 3.12. The van der Waals surface area contributed by atoms with Gasteiger partial charge in [0.1, 0.15) is 6.04 Å². The van der Waals surface area contributed by atoms with Crippen molar-refractivity contribution in [2.75, 3.05) is 5.32 Å². The van der Waals surface area contributed by atoms with Gasteiger partial charge in [-0.25, -0.2) is 5.43 Å². The van der Waals surface area contributed by atoms with Crippen LogP contribution in [0.4, 0.5) is 5.69 Å². The van der Waals surface area contributed by atoms with Crippen molar-refractivity contribution in [3.63, 3.8) is 0 Å². The van der Waals surface area contributed by atoms with Gasteiger partial charge in [-0.1, -0.05) is 18.9 Å². The number of amides is 1. The summed E-state index contributed by atoms with van der Waals surface area (Å²) >= 11 is 0. The molecule has 1 aliphatic heterocycles. The van der Waals surface area contributed by atoms with Crippen molar-refractivity contribution in [1.29, 1.82) is 0 Å². The third-order valence-electron chi connectivity index (χ3n) is 5.49. The van der Waals surface area contributed by atoms with E-state index in [1.807, 2.05) is 30.3 Å². The highest BCUT2D eigenvalue weighted by Gasteiger charge is 2.42. The third kappa shape index (κ3) is 3.65. The van der Waals surface area contributed by atoms with E-state index < -0.39 is 12.1 Å². The number of carbonyl (C=O) groups excluding carboxylic acids is 2. The molecule has 2 aromatic rings. The Morgan fingerprint density at radius 3 is 2.93 bits per heavy atom. The van der Waals surface area contributed by atoms with Gasteiger partial charge in [0.25, 0.3) is 5.91 Å². The molecule has 1 saturated carbocycles. The van der Waals surface area contributed by atoms with Crippen molar-refractivity contribution in [2.24, 2.45) is 5.92 Å². The molecular formula is C20H24N4O3. The van der Waals surface area contributed by atoms with Gasteiger partial charge in [0.15, 0.2) is 6.10 Å². The van der Waals surface area contributed by atoms with Crippen LogP contribution in [-0.4, -0.2) is 35.0 Å². The van der Waals surface area contributed by atoms with Crippen LogP contribution in [0.25, 0.3) is 10.9 Å². The number of nitrogens with one attached hydrogen (secondary N) is 3. The lowest BCUT2D eigenvalue weighted by Gasteiger charge is -2.26. The van der Waals surface area contributed by atoms with Gasteiger partial charge < -0.3 is 10.1 Å². The highest BCUT2D eigenvalue weighted by atomic mass is 16.5. The Bertz CT molecular complexity index is 851. The first-order valence-electron chi connectivity index (χ1n) is 9.49. The van der Waals surface area contributed by atoms with Gasteiger partial charge in [0.05, 0.1) is 11.2 Å². The van der Waals surface area contributed by atoms with Gasteiger partial charge in [-0.2, -0.15) is 0 Å². The summed E-state index contributed by atoms with van der Waals surface area (Å²) < 4.78 is 5.46. The maximum absolute atomic E-state index is 12.6. The Morgan fingerprint density at radius 1 is 1.19 bits per heavy atom. The van der Waals surface area contributed by atoms with Crippen molar-refractivity contribution >= 4 is 28.5 Å². The number of fused-ring (bicyclic) bond motifs is 2. The van der Waals surface area contributed by atoms with Crippen LogP contribution in [0.3, 0.4) is 0 Å². The van der Waals surface area contributed by atoms with Gasteiger partial charge in [0, 0.05) is 23.5 Å². The number of hydrogen-bond acceptors (Lipinski definition) is 6. The van der Waals surface area contributed by atoms with Crippen LogP contribution in [0.1, 0.15) is 32.6 Å². The number of ether oxygens (including phenoxy) is 1. The maximum Gasteiger partial charge on any atom is 0.325 e. The minimum Gasteiger partial charge on any atom is -0.451 e. The molecule has 4 unspecified atom stereocenters. The normalized spacial score (nSPS) is 25.6. The molecule has 2 heterocycles. The predicted octanol–water partition coefficient (Wildman–Crippen LogP) is 2.14. The highest BCUT2D eigenvalue weighted by molar-refractivity contribution is 6.02. The molecular weight excluding hydrogens is 344 g/mol. The fourth-order valence-corrected chi connectivity index (χ4v) is 4.02. The van der Waals surface area contributed by atoms with E-state index >= 15 is 0 Å². The molecule has 2 aliphatic rings. The maximum atomic E-state index is 12.6. The minimum absolute atomic E-state index is 0.227. The summed E-state index contributed by atoms with van der Waals surface area (Å²) in [5, 5.41) is 3.69.